The number of pyridine rings is 6. The minimum absolute atomic E-state index is 0.710. The molecule has 10 heterocycles. The highest BCUT2D eigenvalue weighted by Gasteiger charge is 2.18. The minimum atomic E-state index is 0.710. The molecule has 0 amide bonds. The Morgan fingerprint density at radius 1 is 0.429 bits per heavy atom. The van der Waals surface area contributed by atoms with E-state index in [2.05, 4.69) is 78.5 Å². The number of aryl methyl sites for hydroxylation is 1. The van der Waals surface area contributed by atoms with Crippen LogP contribution in [0.4, 0.5) is 0 Å². The van der Waals surface area contributed by atoms with Gasteiger partial charge in [0.15, 0.2) is 11.6 Å². The minimum Gasteiger partial charge on any atom is -0.337 e. The van der Waals surface area contributed by atoms with E-state index in [1.165, 1.54) is 0 Å². The summed E-state index contributed by atoms with van der Waals surface area (Å²) in [5.41, 5.74) is 16.0. The van der Waals surface area contributed by atoms with Crippen molar-refractivity contribution in [3.05, 3.63) is 159 Å². The van der Waals surface area contributed by atoms with Crippen LogP contribution < -0.4 is 0 Å². The third-order valence-corrected chi connectivity index (χ3v) is 10.5. The lowest BCUT2D eigenvalue weighted by molar-refractivity contribution is 1.10. The van der Waals surface area contributed by atoms with Gasteiger partial charge in [-0.15, -0.1) is 0 Å². The number of rotatable bonds is 6. The molecule has 0 aliphatic heterocycles. The second-order valence-corrected chi connectivity index (χ2v) is 14.4. The molecule has 2 aromatic carbocycles. The van der Waals surface area contributed by atoms with E-state index in [1.807, 2.05) is 106 Å². The van der Waals surface area contributed by atoms with E-state index in [0.717, 1.165) is 106 Å². The molecule has 12 aromatic rings. The van der Waals surface area contributed by atoms with Crippen molar-refractivity contribution in [3.8, 4) is 67.8 Å². The first-order valence-corrected chi connectivity index (χ1v) is 20.4. The van der Waals surface area contributed by atoms with Gasteiger partial charge in [0.1, 0.15) is 11.4 Å². The van der Waals surface area contributed by atoms with Gasteiger partial charge in [-0.25, -0.2) is 9.97 Å². The summed E-state index contributed by atoms with van der Waals surface area (Å²) in [5.74, 6) is 1.42. The molecule has 0 aliphatic rings. The smallest absolute Gasteiger partial charge is 0.159 e. The van der Waals surface area contributed by atoms with E-state index >= 15 is 0 Å². The Labute approximate surface area is 360 Å². The first-order valence-electron chi connectivity index (χ1n) is 20.4. The van der Waals surface area contributed by atoms with E-state index in [4.69, 9.17) is 9.97 Å². The number of hydrogen-bond acceptors (Lipinski definition) is 10. The number of para-hydroxylation sites is 2. The number of nitrogens with one attached hydrogen (secondary N) is 4. The molecule has 0 spiro atoms. The Hall–Kier alpha value is -8.78. The van der Waals surface area contributed by atoms with Crippen LogP contribution in [0.2, 0.25) is 0 Å². The van der Waals surface area contributed by atoms with E-state index in [-0.39, 0.29) is 0 Å². The van der Waals surface area contributed by atoms with Gasteiger partial charge < -0.3 is 9.97 Å². The molecule has 304 valence electrons. The molecule has 0 unspecified atom stereocenters. The number of aromatic nitrogens is 14. The third kappa shape index (κ3) is 7.42. The van der Waals surface area contributed by atoms with Gasteiger partial charge >= 0.3 is 0 Å². The van der Waals surface area contributed by atoms with Gasteiger partial charge in [-0.05, 0) is 90.3 Å². The highest BCUT2D eigenvalue weighted by molar-refractivity contribution is 5.99. The molecule has 0 fully saturated rings. The number of fused-ring (bicyclic) bond motifs is 4. The highest BCUT2D eigenvalue weighted by Crippen LogP contribution is 2.34. The number of benzene rings is 2. The Kier molecular flexibility index (Phi) is 10.2. The topological polar surface area (TPSA) is 192 Å². The van der Waals surface area contributed by atoms with Crippen LogP contribution in [0.1, 0.15) is 19.4 Å². The number of imidazole rings is 2. The van der Waals surface area contributed by atoms with E-state index < -0.39 is 0 Å². The molecule has 0 bridgehead atoms. The molecule has 4 N–H and O–H groups in total. The van der Waals surface area contributed by atoms with Gasteiger partial charge in [-0.3, -0.25) is 40.1 Å². The number of H-pyrrole nitrogens is 4. The molecule has 0 aliphatic carbocycles. The monoisotopic (exact) mass is 822 g/mol. The molecule has 0 saturated heterocycles. The molecule has 0 atom stereocenters. The number of nitrogens with zero attached hydrogens (tertiary/aromatic N) is 10. The van der Waals surface area contributed by atoms with Crippen LogP contribution in [0, 0.1) is 6.92 Å². The van der Waals surface area contributed by atoms with Gasteiger partial charge in [0, 0.05) is 82.6 Å². The first-order chi connectivity index (χ1) is 31.1. The molecule has 0 saturated carbocycles. The van der Waals surface area contributed by atoms with Crippen LogP contribution in [0.3, 0.4) is 0 Å². The fourth-order valence-electron chi connectivity index (χ4n) is 7.55. The summed E-state index contributed by atoms with van der Waals surface area (Å²) in [6, 6.07) is 30.2. The van der Waals surface area contributed by atoms with Gasteiger partial charge in [-0.2, -0.15) is 10.2 Å². The number of hydrogen-bond donors (Lipinski definition) is 4. The Bertz CT molecular complexity index is 3500. The third-order valence-electron chi connectivity index (χ3n) is 10.5. The van der Waals surface area contributed by atoms with Crippen LogP contribution in [0.5, 0.6) is 0 Å². The average molecular weight is 823 g/mol. The van der Waals surface area contributed by atoms with Gasteiger partial charge in [-0.1, -0.05) is 38.1 Å². The van der Waals surface area contributed by atoms with Gasteiger partial charge in [0.05, 0.1) is 56.9 Å². The summed E-state index contributed by atoms with van der Waals surface area (Å²) in [6.07, 6.45) is 17.9. The largest absolute Gasteiger partial charge is 0.337 e. The van der Waals surface area contributed by atoms with Crippen molar-refractivity contribution in [1.29, 1.82) is 0 Å². The van der Waals surface area contributed by atoms with Crippen LogP contribution in [0.15, 0.2) is 153 Å². The van der Waals surface area contributed by atoms with Crippen molar-refractivity contribution < 1.29 is 0 Å². The maximum atomic E-state index is 4.91. The summed E-state index contributed by atoms with van der Waals surface area (Å²) >= 11 is 0. The second-order valence-electron chi connectivity index (χ2n) is 14.4. The van der Waals surface area contributed by atoms with E-state index in [1.54, 1.807) is 49.6 Å². The quantitative estimate of drug-likeness (QED) is 0.125. The molecule has 14 nitrogen and oxygen atoms in total. The summed E-state index contributed by atoms with van der Waals surface area (Å²) in [5, 5.41) is 17.1. The maximum absolute atomic E-state index is 4.91. The summed E-state index contributed by atoms with van der Waals surface area (Å²) < 4.78 is 0. The Balaban J connectivity index is 0.000000144. The highest BCUT2D eigenvalue weighted by atomic mass is 15.1. The lowest BCUT2D eigenvalue weighted by Gasteiger charge is -2.02. The van der Waals surface area contributed by atoms with E-state index in [0.29, 0.717) is 11.6 Å². The lowest BCUT2D eigenvalue weighted by Crippen LogP contribution is -1.87. The second kappa shape index (κ2) is 16.7. The van der Waals surface area contributed by atoms with Crippen molar-refractivity contribution >= 4 is 43.9 Å². The van der Waals surface area contributed by atoms with Crippen molar-refractivity contribution in [1.82, 2.24) is 70.2 Å². The first kappa shape index (κ1) is 38.4. The maximum Gasteiger partial charge on any atom is 0.159 e. The Morgan fingerprint density at radius 3 is 1.37 bits per heavy atom. The molecule has 0 radical (unpaired) electrons. The molecular formula is C49H38N14. The molecule has 14 heteroatoms. The zero-order valence-electron chi connectivity index (χ0n) is 34.4. The fraction of sp³-hybridized carbons (Fsp3) is 0.0612. The van der Waals surface area contributed by atoms with Crippen LogP contribution >= 0.6 is 0 Å². The van der Waals surface area contributed by atoms with Crippen molar-refractivity contribution in [2.24, 2.45) is 0 Å². The summed E-state index contributed by atoms with van der Waals surface area (Å²) in [7, 11) is 0. The predicted octanol–water partition coefficient (Wildman–Crippen LogP) is 10.6. The molecule has 63 heavy (non-hydrogen) atoms. The zero-order valence-corrected chi connectivity index (χ0v) is 34.4. The molecular weight excluding hydrogens is 785 g/mol. The predicted molar refractivity (Wildman–Crippen MR) is 247 cm³/mol. The van der Waals surface area contributed by atoms with Crippen LogP contribution in [-0.4, -0.2) is 70.2 Å². The average Bonchev–Trinajstić information content (AvgIpc) is 4.17. The summed E-state index contributed by atoms with van der Waals surface area (Å²) in [4.78, 5) is 42.4. The van der Waals surface area contributed by atoms with Gasteiger partial charge in [0.25, 0.3) is 0 Å². The van der Waals surface area contributed by atoms with Crippen LogP contribution in [-0.2, 0) is 0 Å². The molecule has 12 rings (SSSR count). The SMILES string of the molecule is CC.Cc1cncc(-c2cc3c(-c4nc5c(-c6ccncc6)cccc5[nH]4)n[nH]c3cn2)c1.c1cc(-c2ccncc2)c2nc(-c3n[nH]c4cnc(-c5ccncc5)cc34)[nH]c2c1. The number of aromatic amines is 4. The zero-order chi connectivity index (χ0) is 42.7. The molecule has 10 aromatic heterocycles. The standard InChI is InChI=1S/C24H17N7.C23H15N7.C2H6/c1-14-9-16(12-26-11-14)20-10-18-21(13-27-20)30-31-23(18)24-28-19-4-2-3-17(22(19)29-24)15-5-7-25-8-6-15;1-2-16(14-4-8-24-9-5-14)21-18(3-1)27-23(28-21)22-17-12-19(15-6-10-25-11-7-15)26-13-20(17)29-30-22;1-2/h2-13H,1H3,(H,28,29)(H,30,31);1-13H,(H,27,28)(H,29,30);1-2H3. The van der Waals surface area contributed by atoms with Crippen molar-refractivity contribution in [2.75, 3.05) is 0 Å². The normalized spacial score (nSPS) is 11.1. The van der Waals surface area contributed by atoms with Gasteiger partial charge in [0.2, 0.25) is 0 Å². The van der Waals surface area contributed by atoms with Crippen molar-refractivity contribution in [3.63, 3.8) is 0 Å². The lowest BCUT2D eigenvalue weighted by atomic mass is 10.1. The summed E-state index contributed by atoms with van der Waals surface area (Å²) in [6.45, 7) is 6.02. The Morgan fingerprint density at radius 2 is 0.889 bits per heavy atom. The fourth-order valence-corrected chi connectivity index (χ4v) is 7.55. The van der Waals surface area contributed by atoms with Crippen LogP contribution in [0.25, 0.3) is 112 Å². The van der Waals surface area contributed by atoms with E-state index in [9.17, 15) is 0 Å². The van der Waals surface area contributed by atoms with Crippen molar-refractivity contribution in [2.45, 2.75) is 20.8 Å².